The molecule has 0 spiro atoms. The van der Waals surface area contributed by atoms with E-state index in [-0.39, 0.29) is 11.0 Å². The predicted molar refractivity (Wildman–Crippen MR) is 107 cm³/mol. The second-order valence-corrected chi connectivity index (χ2v) is 7.96. The van der Waals surface area contributed by atoms with Crippen LogP contribution in [0.5, 0.6) is 5.75 Å². The molecular weight excluding hydrogens is 322 g/mol. The number of hydrogen-bond acceptors (Lipinski definition) is 3. The van der Waals surface area contributed by atoms with E-state index in [0.717, 1.165) is 44.7 Å². The Hall–Kier alpha value is -1.84. The van der Waals surface area contributed by atoms with Crippen molar-refractivity contribution in [2.75, 3.05) is 20.3 Å². The van der Waals surface area contributed by atoms with Crippen molar-refractivity contribution in [1.29, 1.82) is 0 Å². The Morgan fingerprint density at radius 3 is 2.42 bits per heavy atom. The van der Waals surface area contributed by atoms with Crippen molar-refractivity contribution >= 4 is 0 Å². The van der Waals surface area contributed by atoms with Gasteiger partial charge in [0.15, 0.2) is 0 Å². The summed E-state index contributed by atoms with van der Waals surface area (Å²) in [5.74, 6) is 0.914. The molecular formula is C23H31NO2. The summed E-state index contributed by atoms with van der Waals surface area (Å²) in [6.07, 6.45) is 3.22. The normalized spacial score (nSPS) is 22.1. The molecule has 3 heteroatoms. The van der Waals surface area contributed by atoms with E-state index in [9.17, 15) is 0 Å². The van der Waals surface area contributed by atoms with Crippen LogP contribution < -0.4 is 10.1 Å². The van der Waals surface area contributed by atoms with Crippen LogP contribution in [0.25, 0.3) is 0 Å². The van der Waals surface area contributed by atoms with E-state index >= 15 is 0 Å². The largest absolute Gasteiger partial charge is 0.497 e. The van der Waals surface area contributed by atoms with E-state index in [1.807, 2.05) is 0 Å². The number of benzene rings is 2. The fourth-order valence-electron chi connectivity index (χ4n) is 4.18. The standard InChI is InChI=1S/C23H31NO2/c1-22(2)18-23(14-16-26-22,20-9-11-21(25-3)12-10-20)13-15-24-17-19-7-5-4-6-8-19/h4-12,24H,13-18H2,1-3H3/t23-/m0/s1. The van der Waals surface area contributed by atoms with Gasteiger partial charge in [0.1, 0.15) is 5.75 Å². The molecule has 1 atom stereocenters. The first-order chi connectivity index (χ1) is 12.5. The van der Waals surface area contributed by atoms with Crippen molar-refractivity contribution in [3.63, 3.8) is 0 Å². The molecule has 1 saturated heterocycles. The topological polar surface area (TPSA) is 30.5 Å². The van der Waals surface area contributed by atoms with Crippen molar-refractivity contribution in [3.05, 3.63) is 65.7 Å². The molecule has 1 N–H and O–H groups in total. The van der Waals surface area contributed by atoms with Crippen molar-refractivity contribution < 1.29 is 9.47 Å². The van der Waals surface area contributed by atoms with Gasteiger partial charge in [0.25, 0.3) is 0 Å². The van der Waals surface area contributed by atoms with Gasteiger partial charge >= 0.3 is 0 Å². The van der Waals surface area contributed by atoms with Gasteiger partial charge in [-0.05, 0) is 62.9 Å². The van der Waals surface area contributed by atoms with Crippen LogP contribution in [0.15, 0.2) is 54.6 Å². The van der Waals surface area contributed by atoms with E-state index in [1.54, 1.807) is 7.11 Å². The van der Waals surface area contributed by atoms with E-state index in [2.05, 4.69) is 73.8 Å². The quantitative estimate of drug-likeness (QED) is 0.732. The highest BCUT2D eigenvalue weighted by molar-refractivity contribution is 5.33. The summed E-state index contributed by atoms with van der Waals surface area (Å²) in [6.45, 7) is 7.15. The van der Waals surface area contributed by atoms with Crippen LogP contribution in [-0.2, 0) is 16.7 Å². The molecule has 140 valence electrons. The number of hydrogen-bond donors (Lipinski definition) is 1. The maximum atomic E-state index is 6.02. The summed E-state index contributed by atoms with van der Waals surface area (Å²) >= 11 is 0. The zero-order valence-electron chi connectivity index (χ0n) is 16.3. The number of methoxy groups -OCH3 is 1. The summed E-state index contributed by atoms with van der Waals surface area (Å²) < 4.78 is 11.4. The van der Waals surface area contributed by atoms with Crippen LogP contribution in [0.1, 0.15) is 44.2 Å². The predicted octanol–water partition coefficient (Wildman–Crippen LogP) is 4.70. The van der Waals surface area contributed by atoms with Gasteiger partial charge in [-0.1, -0.05) is 42.5 Å². The van der Waals surface area contributed by atoms with E-state index in [0.29, 0.717) is 0 Å². The smallest absolute Gasteiger partial charge is 0.118 e. The van der Waals surface area contributed by atoms with Crippen LogP contribution >= 0.6 is 0 Å². The number of ether oxygens (including phenoxy) is 2. The lowest BCUT2D eigenvalue weighted by Crippen LogP contribution is -2.45. The molecule has 2 aromatic carbocycles. The molecule has 3 rings (SSSR count). The highest BCUT2D eigenvalue weighted by Crippen LogP contribution is 2.44. The van der Waals surface area contributed by atoms with Crippen molar-refractivity contribution in [2.45, 2.75) is 50.7 Å². The van der Waals surface area contributed by atoms with Crippen LogP contribution in [0.2, 0.25) is 0 Å². The Morgan fingerprint density at radius 2 is 1.77 bits per heavy atom. The molecule has 0 aliphatic carbocycles. The lowest BCUT2D eigenvalue weighted by molar-refractivity contribution is -0.0840. The minimum absolute atomic E-state index is 0.0857. The maximum Gasteiger partial charge on any atom is 0.118 e. The summed E-state index contributed by atoms with van der Waals surface area (Å²) in [5.41, 5.74) is 2.80. The lowest BCUT2D eigenvalue weighted by Gasteiger charge is -2.45. The summed E-state index contributed by atoms with van der Waals surface area (Å²) in [4.78, 5) is 0. The highest BCUT2D eigenvalue weighted by atomic mass is 16.5. The fourth-order valence-corrected chi connectivity index (χ4v) is 4.18. The Morgan fingerprint density at radius 1 is 1.04 bits per heavy atom. The van der Waals surface area contributed by atoms with E-state index < -0.39 is 0 Å². The molecule has 0 aromatic heterocycles. The molecule has 2 aromatic rings. The minimum Gasteiger partial charge on any atom is -0.497 e. The number of nitrogens with one attached hydrogen (secondary N) is 1. The summed E-state index contributed by atoms with van der Waals surface area (Å²) in [7, 11) is 1.72. The average Bonchev–Trinajstić information content (AvgIpc) is 2.65. The summed E-state index contributed by atoms with van der Waals surface area (Å²) in [5, 5.41) is 3.63. The van der Waals surface area contributed by atoms with Gasteiger partial charge in [-0.25, -0.2) is 0 Å². The van der Waals surface area contributed by atoms with Crippen LogP contribution in [-0.4, -0.2) is 25.9 Å². The maximum absolute atomic E-state index is 6.02. The molecule has 26 heavy (non-hydrogen) atoms. The van der Waals surface area contributed by atoms with Crippen LogP contribution in [0, 0.1) is 0 Å². The molecule has 0 bridgehead atoms. The Labute approximate surface area is 157 Å². The van der Waals surface area contributed by atoms with Gasteiger partial charge in [0, 0.05) is 18.6 Å². The van der Waals surface area contributed by atoms with Gasteiger partial charge in [-0.3, -0.25) is 0 Å². The molecule has 0 unspecified atom stereocenters. The molecule has 3 nitrogen and oxygen atoms in total. The monoisotopic (exact) mass is 353 g/mol. The molecule has 0 amide bonds. The molecule has 1 fully saturated rings. The summed E-state index contributed by atoms with van der Waals surface area (Å²) in [6, 6.07) is 19.2. The third-order valence-electron chi connectivity index (χ3n) is 5.49. The van der Waals surface area contributed by atoms with Gasteiger partial charge in [0.2, 0.25) is 0 Å². The second-order valence-electron chi connectivity index (χ2n) is 7.96. The average molecular weight is 354 g/mol. The highest BCUT2D eigenvalue weighted by Gasteiger charge is 2.41. The minimum atomic E-state index is -0.0857. The van der Waals surface area contributed by atoms with Gasteiger partial charge in [-0.2, -0.15) is 0 Å². The zero-order chi connectivity index (χ0) is 18.5. The van der Waals surface area contributed by atoms with E-state index in [1.165, 1.54) is 11.1 Å². The second kappa shape index (κ2) is 8.24. The molecule has 0 radical (unpaired) electrons. The molecule has 1 aliphatic heterocycles. The van der Waals surface area contributed by atoms with E-state index in [4.69, 9.17) is 9.47 Å². The van der Waals surface area contributed by atoms with Gasteiger partial charge in [-0.15, -0.1) is 0 Å². The molecule has 0 saturated carbocycles. The van der Waals surface area contributed by atoms with Crippen molar-refractivity contribution in [3.8, 4) is 5.75 Å². The first-order valence-electron chi connectivity index (χ1n) is 9.56. The van der Waals surface area contributed by atoms with Gasteiger partial charge < -0.3 is 14.8 Å². The first-order valence-corrected chi connectivity index (χ1v) is 9.56. The zero-order valence-corrected chi connectivity index (χ0v) is 16.3. The van der Waals surface area contributed by atoms with Crippen molar-refractivity contribution in [1.82, 2.24) is 5.32 Å². The SMILES string of the molecule is COc1ccc([C@@]2(CCNCc3ccccc3)CCOC(C)(C)C2)cc1. The first kappa shape index (κ1) is 18.9. The lowest BCUT2D eigenvalue weighted by atomic mass is 9.67. The van der Waals surface area contributed by atoms with Crippen molar-refractivity contribution in [2.24, 2.45) is 0 Å². The molecule has 1 aliphatic rings. The third kappa shape index (κ3) is 4.66. The number of rotatable bonds is 7. The molecule has 1 heterocycles. The van der Waals surface area contributed by atoms with Gasteiger partial charge in [0.05, 0.1) is 12.7 Å². The Kier molecular flexibility index (Phi) is 6.00. The fraction of sp³-hybridized carbons (Fsp3) is 0.478. The Balaban J connectivity index is 1.70. The Bertz CT molecular complexity index is 681. The third-order valence-corrected chi connectivity index (χ3v) is 5.49. The van der Waals surface area contributed by atoms with Crippen LogP contribution in [0.3, 0.4) is 0 Å². The van der Waals surface area contributed by atoms with Crippen LogP contribution in [0.4, 0.5) is 0 Å².